The lowest BCUT2D eigenvalue weighted by molar-refractivity contribution is 0.305. The normalized spacial score (nSPS) is 17.4. The number of benzene rings is 2. The molecule has 3 heteroatoms. The van der Waals surface area contributed by atoms with Gasteiger partial charge in [-0.3, -0.25) is 0 Å². The molecule has 3 rings (SSSR count). The van der Waals surface area contributed by atoms with Gasteiger partial charge < -0.3 is 10.5 Å². The minimum atomic E-state index is 0.139. The van der Waals surface area contributed by atoms with E-state index in [1.54, 1.807) is 0 Å². The van der Waals surface area contributed by atoms with Crippen molar-refractivity contribution in [3.8, 4) is 5.75 Å². The van der Waals surface area contributed by atoms with Crippen LogP contribution in [-0.4, -0.2) is 0 Å². The highest BCUT2D eigenvalue weighted by Gasteiger charge is 2.17. The van der Waals surface area contributed by atoms with Crippen LogP contribution < -0.4 is 10.5 Å². The van der Waals surface area contributed by atoms with Gasteiger partial charge in [-0.2, -0.15) is 0 Å². The zero-order valence-electron chi connectivity index (χ0n) is 12.2. The highest BCUT2D eigenvalue weighted by Crippen LogP contribution is 2.31. The molecular formula is C18H20ClNO. The van der Waals surface area contributed by atoms with Crippen LogP contribution in [0.2, 0.25) is 5.02 Å². The molecule has 110 valence electrons. The SMILES string of the molecule is Cc1ccc(COc2ccc3c(c2)[C@H](N)CCC3)c(Cl)c1. The Morgan fingerprint density at radius 1 is 1.24 bits per heavy atom. The number of fused-ring (bicyclic) bond motifs is 1. The summed E-state index contributed by atoms with van der Waals surface area (Å²) in [6, 6.07) is 12.4. The van der Waals surface area contributed by atoms with Crippen LogP contribution in [0.25, 0.3) is 0 Å². The highest BCUT2D eigenvalue weighted by molar-refractivity contribution is 6.31. The fourth-order valence-electron chi connectivity index (χ4n) is 2.83. The summed E-state index contributed by atoms with van der Waals surface area (Å²) in [5.41, 5.74) is 10.9. The van der Waals surface area contributed by atoms with Gasteiger partial charge in [0.2, 0.25) is 0 Å². The van der Waals surface area contributed by atoms with Crippen molar-refractivity contribution in [2.75, 3.05) is 0 Å². The molecule has 2 nitrogen and oxygen atoms in total. The minimum absolute atomic E-state index is 0.139. The van der Waals surface area contributed by atoms with E-state index in [-0.39, 0.29) is 6.04 Å². The van der Waals surface area contributed by atoms with Crippen molar-refractivity contribution in [1.29, 1.82) is 0 Å². The molecule has 21 heavy (non-hydrogen) atoms. The predicted molar refractivity (Wildman–Crippen MR) is 86.8 cm³/mol. The number of halogens is 1. The van der Waals surface area contributed by atoms with Crippen molar-refractivity contribution in [1.82, 2.24) is 0 Å². The van der Waals surface area contributed by atoms with Crippen molar-refractivity contribution >= 4 is 11.6 Å². The summed E-state index contributed by atoms with van der Waals surface area (Å²) >= 11 is 6.23. The summed E-state index contributed by atoms with van der Waals surface area (Å²) in [6.07, 6.45) is 3.35. The van der Waals surface area contributed by atoms with E-state index in [9.17, 15) is 0 Å². The van der Waals surface area contributed by atoms with E-state index in [2.05, 4.69) is 12.1 Å². The molecule has 0 fully saturated rings. The molecule has 0 heterocycles. The summed E-state index contributed by atoms with van der Waals surface area (Å²) in [6.45, 7) is 2.51. The van der Waals surface area contributed by atoms with Gasteiger partial charge >= 0.3 is 0 Å². The molecule has 2 aromatic rings. The smallest absolute Gasteiger partial charge is 0.120 e. The van der Waals surface area contributed by atoms with E-state index in [0.29, 0.717) is 6.61 Å². The Hall–Kier alpha value is -1.51. The Balaban J connectivity index is 1.75. The summed E-state index contributed by atoms with van der Waals surface area (Å²) in [5.74, 6) is 0.864. The zero-order valence-corrected chi connectivity index (χ0v) is 13.0. The largest absolute Gasteiger partial charge is 0.489 e. The topological polar surface area (TPSA) is 35.2 Å². The molecule has 0 radical (unpaired) electrons. The predicted octanol–water partition coefficient (Wildman–Crippen LogP) is 4.56. The summed E-state index contributed by atoms with van der Waals surface area (Å²) in [7, 11) is 0. The summed E-state index contributed by atoms with van der Waals surface area (Å²) < 4.78 is 5.89. The van der Waals surface area contributed by atoms with Gasteiger partial charge in [0.25, 0.3) is 0 Å². The Labute approximate surface area is 130 Å². The molecular weight excluding hydrogens is 282 g/mol. The van der Waals surface area contributed by atoms with Crippen LogP contribution in [-0.2, 0) is 13.0 Å². The number of nitrogens with two attached hydrogens (primary N) is 1. The second-order valence-corrected chi connectivity index (χ2v) is 6.15. The van der Waals surface area contributed by atoms with Gasteiger partial charge in [-0.1, -0.05) is 29.8 Å². The monoisotopic (exact) mass is 301 g/mol. The van der Waals surface area contributed by atoms with Crippen LogP contribution >= 0.6 is 11.6 Å². The first-order chi connectivity index (χ1) is 10.1. The lowest BCUT2D eigenvalue weighted by atomic mass is 9.88. The van der Waals surface area contributed by atoms with Gasteiger partial charge in [0, 0.05) is 16.6 Å². The van der Waals surface area contributed by atoms with E-state index in [1.807, 2.05) is 31.2 Å². The van der Waals surface area contributed by atoms with Gasteiger partial charge in [-0.25, -0.2) is 0 Å². The highest BCUT2D eigenvalue weighted by atomic mass is 35.5. The molecule has 0 unspecified atom stereocenters. The molecule has 0 aliphatic heterocycles. The van der Waals surface area contributed by atoms with Gasteiger partial charge in [-0.15, -0.1) is 0 Å². The van der Waals surface area contributed by atoms with Crippen molar-refractivity contribution in [3.63, 3.8) is 0 Å². The molecule has 0 saturated heterocycles. The Kier molecular flexibility index (Phi) is 4.18. The fraction of sp³-hybridized carbons (Fsp3) is 0.333. The Morgan fingerprint density at radius 3 is 2.90 bits per heavy atom. The number of aryl methyl sites for hydroxylation is 2. The molecule has 0 bridgehead atoms. The number of ether oxygens (including phenoxy) is 1. The zero-order chi connectivity index (χ0) is 14.8. The second-order valence-electron chi connectivity index (χ2n) is 5.74. The van der Waals surface area contributed by atoms with Crippen LogP contribution in [0.4, 0.5) is 0 Å². The lowest BCUT2D eigenvalue weighted by Gasteiger charge is -2.22. The number of hydrogen-bond acceptors (Lipinski definition) is 2. The maximum atomic E-state index is 6.23. The van der Waals surface area contributed by atoms with Crippen LogP contribution in [0.15, 0.2) is 36.4 Å². The van der Waals surface area contributed by atoms with Crippen molar-refractivity contribution in [2.45, 2.75) is 38.8 Å². The molecule has 2 aromatic carbocycles. The fourth-order valence-corrected chi connectivity index (χ4v) is 3.12. The van der Waals surface area contributed by atoms with Crippen molar-refractivity contribution in [3.05, 3.63) is 63.7 Å². The third-order valence-corrected chi connectivity index (χ3v) is 4.43. The van der Waals surface area contributed by atoms with Crippen LogP contribution in [0, 0.1) is 6.92 Å². The minimum Gasteiger partial charge on any atom is -0.489 e. The first-order valence-electron chi connectivity index (χ1n) is 7.40. The molecule has 0 spiro atoms. The average molecular weight is 302 g/mol. The Bertz CT molecular complexity index is 654. The lowest BCUT2D eigenvalue weighted by Crippen LogP contribution is -2.17. The number of hydrogen-bond donors (Lipinski definition) is 1. The van der Waals surface area contributed by atoms with Gasteiger partial charge in [0.15, 0.2) is 0 Å². The van der Waals surface area contributed by atoms with Crippen molar-refractivity contribution < 1.29 is 4.74 Å². The maximum Gasteiger partial charge on any atom is 0.120 e. The quantitative estimate of drug-likeness (QED) is 0.901. The van der Waals surface area contributed by atoms with Crippen LogP contribution in [0.3, 0.4) is 0 Å². The maximum absolute atomic E-state index is 6.23. The molecule has 0 aromatic heterocycles. The van der Waals surface area contributed by atoms with E-state index in [4.69, 9.17) is 22.1 Å². The molecule has 0 amide bonds. The van der Waals surface area contributed by atoms with Crippen LogP contribution in [0.5, 0.6) is 5.75 Å². The third kappa shape index (κ3) is 3.22. The van der Waals surface area contributed by atoms with Gasteiger partial charge in [0.1, 0.15) is 12.4 Å². The first kappa shape index (κ1) is 14.4. The van der Waals surface area contributed by atoms with E-state index < -0.39 is 0 Å². The first-order valence-corrected chi connectivity index (χ1v) is 7.77. The summed E-state index contributed by atoms with van der Waals surface area (Å²) in [5, 5.41) is 0.754. The van der Waals surface area contributed by atoms with Crippen LogP contribution in [0.1, 0.15) is 41.1 Å². The van der Waals surface area contributed by atoms with E-state index in [0.717, 1.165) is 34.7 Å². The average Bonchev–Trinajstić information content (AvgIpc) is 2.47. The van der Waals surface area contributed by atoms with E-state index >= 15 is 0 Å². The molecule has 1 aliphatic rings. The molecule has 1 aliphatic carbocycles. The van der Waals surface area contributed by atoms with Gasteiger partial charge in [0.05, 0.1) is 0 Å². The molecule has 2 N–H and O–H groups in total. The van der Waals surface area contributed by atoms with Crippen molar-refractivity contribution in [2.24, 2.45) is 5.73 Å². The number of rotatable bonds is 3. The van der Waals surface area contributed by atoms with E-state index in [1.165, 1.54) is 17.5 Å². The standard InChI is InChI=1S/C18H20ClNO/c1-12-5-6-14(17(19)9-12)11-21-15-8-7-13-3-2-4-18(20)16(13)10-15/h5-10,18H,2-4,11,20H2,1H3/t18-/m1/s1. The van der Waals surface area contributed by atoms with Gasteiger partial charge in [-0.05, 0) is 61.1 Å². The third-order valence-electron chi connectivity index (χ3n) is 4.08. The Morgan fingerprint density at radius 2 is 2.10 bits per heavy atom. The summed E-state index contributed by atoms with van der Waals surface area (Å²) in [4.78, 5) is 0. The molecule has 1 atom stereocenters. The molecule has 0 saturated carbocycles. The second kappa shape index (κ2) is 6.08.